The van der Waals surface area contributed by atoms with Crippen LogP contribution >= 0.6 is 0 Å². The van der Waals surface area contributed by atoms with E-state index in [0.717, 1.165) is 6.54 Å². The average molecular weight is 241 g/mol. The van der Waals surface area contributed by atoms with E-state index < -0.39 is 0 Å². The van der Waals surface area contributed by atoms with Gasteiger partial charge in [0.2, 0.25) is 0 Å². The molecule has 0 aromatic heterocycles. The van der Waals surface area contributed by atoms with Crippen molar-refractivity contribution in [2.75, 3.05) is 6.54 Å². The maximum atomic E-state index is 13.9. The van der Waals surface area contributed by atoms with Crippen LogP contribution < -0.4 is 5.32 Å². The van der Waals surface area contributed by atoms with E-state index in [1.54, 1.807) is 6.92 Å². The van der Waals surface area contributed by atoms with Gasteiger partial charge in [-0.1, -0.05) is 27.7 Å². The lowest BCUT2D eigenvalue weighted by molar-refractivity contribution is 0.269. The van der Waals surface area contributed by atoms with Gasteiger partial charge in [0, 0.05) is 11.6 Å². The van der Waals surface area contributed by atoms with E-state index in [1.807, 2.05) is 27.7 Å². The smallest absolute Gasteiger partial charge is 0.128 e. The second-order valence-corrected chi connectivity index (χ2v) is 5.48. The monoisotopic (exact) mass is 241 g/mol. The standard InChI is InChI=1S/C14H21F2N/c1-6-17-13(14(3,4)5)10-8-11(15)9(2)7-12(10)16/h7-8,13,17H,6H2,1-5H3. The Balaban J connectivity index is 3.23. The van der Waals surface area contributed by atoms with Crippen LogP contribution in [0.25, 0.3) is 0 Å². The summed E-state index contributed by atoms with van der Waals surface area (Å²) in [6.07, 6.45) is 0. The third kappa shape index (κ3) is 3.25. The van der Waals surface area contributed by atoms with Gasteiger partial charge in [0.05, 0.1) is 0 Å². The Kier molecular flexibility index (Phi) is 4.26. The molecule has 0 aliphatic heterocycles. The van der Waals surface area contributed by atoms with Crippen LogP contribution in [0.1, 0.15) is 44.9 Å². The summed E-state index contributed by atoms with van der Waals surface area (Å²) in [4.78, 5) is 0. The highest BCUT2D eigenvalue weighted by atomic mass is 19.1. The zero-order valence-corrected chi connectivity index (χ0v) is 11.2. The Hall–Kier alpha value is -0.960. The van der Waals surface area contributed by atoms with Gasteiger partial charge in [-0.05, 0) is 36.6 Å². The fraction of sp³-hybridized carbons (Fsp3) is 0.571. The Morgan fingerprint density at radius 2 is 1.76 bits per heavy atom. The molecule has 1 atom stereocenters. The Morgan fingerprint density at radius 3 is 2.24 bits per heavy atom. The summed E-state index contributed by atoms with van der Waals surface area (Å²) < 4.78 is 27.5. The highest BCUT2D eigenvalue weighted by Gasteiger charge is 2.28. The third-order valence-electron chi connectivity index (χ3n) is 2.86. The van der Waals surface area contributed by atoms with Crippen LogP contribution in [-0.4, -0.2) is 6.54 Å². The van der Waals surface area contributed by atoms with E-state index in [4.69, 9.17) is 0 Å². The lowest BCUT2D eigenvalue weighted by Crippen LogP contribution is -2.33. The molecule has 1 aromatic carbocycles. The van der Waals surface area contributed by atoms with Crippen molar-refractivity contribution in [1.29, 1.82) is 0 Å². The van der Waals surface area contributed by atoms with Crippen molar-refractivity contribution in [1.82, 2.24) is 5.32 Å². The quantitative estimate of drug-likeness (QED) is 0.844. The molecule has 0 radical (unpaired) electrons. The largest absolute Gasteiger partial charge is 0.310 e. The van der Waals surface area contributed by atoms with E-state index in [-0.39, 0.29) is 23.1 Å². The Morgan fingerprint density at radius 1 is 1.18 bits per heavy atom. The minimum absolute atomic E-state index is 0.168. The average Bonchev–Trinajstić information content (AvgIpc) is 2.19. The minimum atomic E-state index is -0.353. The summed E-state index contributed by atoms with van der Waals surface area (Å²) in [6, 6.07) is 2.38. The van der Waals surface area contributed by atoms with Gasteiger partial charge in [-0.25, -0.2) is 8.78 Å². The zero-order chi connectivity index (χ0) is 13.2. The van der Waals surface area contributed by atoms with Gasteiger partial charge >= 0.3 is 0 Å². The summed E-state index contributed by atoms with van der Waals surface area (Å²) in [5.74, 6) is -0.696. The van der Waals surface area contributed by atoms with Gasteiger partial charge in [0.15, 0.2) is 0 Å². The molecule has 17 heavy (non-hydrogen) atoms. The molecule has 0 aliphatic carbocycles. The second-order valence-electron chi connectivity index (χ2n) is 5.48. The Bertz CT molecular complexity index is 394. The van der Waals surface area contributed by atoms with Gasteiger partial charge in [-0.15, -0.1) is 0 Å². The zero-order valence-electron chi connectivity index (χ0n) is 11.2. The number of nitrogens with one attached hydrogen (secondary N) is 1. The molecule has 0 saturated heterocycles. The number of aryl methyl sites for hydroxylation is 1. The van der Waals surface area contributed by atoms with Crippen LogP contribution in [0, 0.1) is 24.0 Å². The normalized spacial score (nSPS) is 13.8. The molecule has 0 amide bonds. The number of benzene rings is 1. The van der Waals surface area contributed by atoms with E-state index in [0.29, 0.717) is 11.1 Å². The van der Waals surface area contributed by atoms with Crippen molar-refractivity contribution in [3.63, 3.8) is 0 Å². The first kappa shape index (κ1) is 14.1. The fourth-order valence-corrected chi connectivity index (χ4v) is 1.97. The van der Waals surface area contributed by atoms with Crippen LogP contribution in [0.2, 0.25) is 0 Å². The molecule has 0 aliphatic rings. The molecule has 0 bridgehead atoms. The van der Waals surface area contributed by atoms with Crippen molar-refractivity contribution < 1.29 is 8.78 Å². The van der Waals surface area contributed by atoms with Gasteiger partial charge in [0.1, 0.15) is 11.6 Å². The lowest BCUT2D eigenvalue weighted by Gasteiger charge is -2.32. The molecule has 0 heterocycles. The number of rotatable bonds is 3. The summed E-state index contributed by atoms with van der Waals surface area (Å²) in [6.45, 7) is 10.3. The fourth-order valence-electron chi connectivity index (χ4n) is 1.97. The summed E-state index contributed by atoms with van der Waals surface area (Å²) >= 11 is 0. The maximum absolute atomic E-state index is 13.9. The van der Waals surface area contributed by atoms with Crippen molar-refractivity contribution in [2.24, 2.45) is 5.41 Å². The third-order valence-corrected chi connectivity index (χ3v) is 2.86. The van der Waals surface area contributed by atoms with Crippen molar-refractivity contribution in [2.45, 2.75) is 40.7 Å². The molecule has 0 fully saturated rings. The highest BCUT2D eigenvalue weighted by molar-refractivity contribution is 5.28. The maximum Gasteiger partial charge on any atom is 0.128 e. The van der Waals surface area contributed by atoms with E-state index in [9.17, 15) is 8.78 Å². The summed E-state index contributed by atoms with van der Waals surface area (Å²) in [5, 5.41) is 3.22. The van der Waals surface area contributed by atoms with E-state index >= 15 is 0 Å². The highest BCUT2D eigenvalue weighted by Crippen LogP contribution is 2.34. The molecule has 0 spiro atoms. The predicted octanol–water partition coefficient (Wildman–Crippen LogP) is 3.97. The number of hydrogen-bond acceptors (Lipinski definition) is 1. The first-order valence-electron chi connectivity index (χ1n) is 5.96. The van der Waals surface area contributed by atoms with Crippen molar-refractivity contribution in [3.05, 3.63) is 34.9 Å². The molecule has 1 unspecified atom stereocenters. The SMILES string of the molecule is CCNC(c1cc(F)c(C)cc1F)C(C)(C)C. The molecule has 3 heteroatoms. The number of hydrogen-bond donors (Lipinski definition) is 1. The second kappa shape index (κ2) is 5.13. The predicted molar refractivity (Wildman–Crippen MR) is 67.0 cm³/mol. The lowest BCUT2D eigenvalue weighted by atomic mass is 9.82. The molecule has 0 saturated carbocycles. The van der Waals surface area contributed by atoms with E-state index in [1.165, 1.54) is 12.1 Å². The van der Waals surface area contributed by atoms with Crippen LogP contribution in [0.4, 0.5) is 8.78 Å². The van der Waals surface area contributed by atoms with Gasteiger partial charge in [-0.2, -0.15) is 0 Å². The van der Waals surface area contributed by atoms with Crippen molar-refractivity contribution >= 4 is 0 Å². The first-order valence-corrected chi connectivity index (χ1v) is 5.96. The molecule has 1 rings (SSSR count). The topological polar surface area (TPSA) is 12.0 Å². The molecular weight excluding hydrogens is 220 g/mol. The summed E-state index contributed by atoms with van der Waals surface area (Å²) in [5.41, 5.74) is 0.580. The molecule has 1 N–H and O–H groups in total. The van der Waals surface area contributed by atoms with Gasteiger partial charge < -0.3 is 5.32 Å². The minimum Gasteiger partial charge on any atom is -0.310 e. The molecular formula is C14H21F2N. The van der Waals surface area contributed by atoms with Crippen molar-refractivity contribution in [3.8, 4) is 0 Å². The molecule has 1 aromatic rings. The molecule has 1 nitrogen and oxygen atoms in total. The first-order chi connectivity index (χ1) is 7.77. The van der Waals surface area contributed by atoms with E-state index in [2.05, 4.69) is 5.32 Å². The van der Waals surface area contributed by atoms with Crippen LogP contribution in [0.15, 0.2) is 12.1 Å². The number of halogens is 2. The van der Waals surface area contributed by atoms with Crippen LogP contribution in [-0.2, 0) is 0 Å². The van der Waals surface area contributed by atoms with Crippen LogP contribution in [0.5, 0.6) is 0 Å². The Labute approximate surface area is 102 Å². The van der Waals surface area contributed by atoms with Gasteiger partial charge in [-0.3, -0.25) is 0 Å². The van der Waals surface area contributed by atoms with Gasteiger partial charge in [0.25, 0.3) is 0 Å². The van der Waals surface area contributed by atoms with Crippen LogP contribution in [0.3, 0.4) is 0 Å². The summed E-state index contributed by atoms with van der Waals surface area (Å²) in [7, 11) is 0. The molecule has 96 valence electrons.